The maximum absolute atomic E-state index is 6.55. The number of nitrogens with zero attached hydrogens (tertiary/aromatic N) is 4. The number of furan rings is 1. The molecule has 2 aromatic heterocycles. The van der Waals surface area contributed by atoms with E-state index in [1.165, 1.54) is 10.8 Å². The highest BCUT2D eigenvalue weighted by Crippen LogP contribution is 2.42. The van der Waals surface area contributed by atoms with E-state index in [1.54, 1.807) is 0 Å². The Bertz CT molecular complexity index is 2860. The van der Waals surface area contributed by atoms with Crippen molar-refractivity contribution in [2.75, 3.05) is 4.90 Å². The smallest absolute Gasteiger partial charge is 0.164 e. The van der Waals surface area contributed by atoms with E-state index in [0.29, 0.717) is 17.5 Å². The van der Waals surface area contributed by atoms with Gasteiger partial charge in [0.05, 0.1) is 5.69 Å². The fourth-order valence-electron chi connectivity index (χ4n) is 7.34. The van der Waals surface area contributed by atoms with E-state index in [9.17, 15) is 0 Å². The number of rotatable bonds is 7. The summed E-state index contributed by atoms with van der Waals surface area (Å²) in [7, 11) is 0. The molecule has 2 heterocycles. The fourth-order valence-corrected chi connectivity index (χ4v) is 7.34. The molecule has 0 atom stereocenters. The molecule has 0 radical (unpaired) electrons. The van der Waals surface area contributed by atoms with Gasteiger partial charge in [0.2, 0.25) is 0 Å². The van der Waals surface area contributed by atoms with Crippen LogP contribution < -0.4 is 4.90 Å². The lowest BCUT2D eigenvalue weighted by atomic mass is 9.97. The van der Waals surface area contributed by atoms with Crippen LogP contribution in [0.15, 0.2) is 199 Å². The van der Waals surface area contributed by atoms with Gasteiger partial charge < -0.3 is 9.32 Å². The molecular formula is C49H32N4O. The molecule has 10 aromatic rings. The average Bonchev–Trinajstić information content (AvgIpc) is 3.63. The summed E-state index contributed by atoms with van der Waals surface area (Å²) in [5.41, 5.74) is 9.64. The number of aromatic nitrogens is 3. The first-order valence-corrected chi connectivity index (χ1v) is 18.0. The van der Waals surface area contributed by atoms with E-state index in [1.807, 2.05) is 78.9 Å². The quantitative estimate of drug-likeness (QED) is 0.166. The minimum atomic E-state index is 0.587. The first kappa shape index (κ1) is 31.4. The Morgan fingerprint density at radius 1 is 0.370 bits per heavy atom. The fraction of sp³-hybridized carbons (Fsp3) is 0. The largest absolute Gasteiger partial charge is 0.456 e. The molecular weight excluding hydrogens is 661 g/mol. The summed E-state index contributed by atoms with van der Waals surface area (Å²) in [6.45, 7) is 0. The number of anilines is 3. The lowest BCUT2D eigenvalue weighted by Crippen LogP contribution is -2.10. The lowest BCUT2D eigenvalue weighted by Gasteiger charge is -2.27. The molecule has 8 aromatic carbocycles. The standard InChI is InChI=1S/C49H32N4O/c1-4-16-35(17-5-1)47-50-48(36-18-6-2-7-19-36)52-49(51-47)42-31-37(32-45-46(42)41-24-12-13-26-44(41)54-45)33-27-29-39(30-28-33)53(38-21-8-3-9-22-38)43-25-14-20-34-15-10-11-23-40(34)43/h1-32H. The van der Waals surface area contributed by atoms with Crippen molar-refractivity contribution in [2.45, 2.75) is 0 Å². The number of benzene rings is 8. The Morgan fingerprint density at radius 2 is 0.926 bits per heavy atom. The Kier molecular flexibility index (Phi) is 7.73. The van der Waals surface area contributed by atoms with Crippen LogP contribution in [0.3, 0.4) is 0 Å². The summed E-state index contributed by atoms with van der Waals surface area (Å²) < 4.78 is 6.55. The van der Waals surface area contributed by atoms with Gasteiger partial charge in [0.25, 0.3) is 0 Å². The normalized spacial score (nSPS) is 11.3. The third-order valence-electron chi connectivity index (χ3n) is 9.90. The third-order valence-corrected chi connectivity index (χ3v) is 9.90. The van der Waals surface area contributed by atoms with Crippen LogP contribution in [0, 0.1) is 0 Å². The molecule has 0 fully saturated rings. The Labute approximate surface area is 312 Å². The predicted molar refractivity (Wildman–Crippen MR) is 221 cm³/mol. The van der Waals surface area contributed by atoms with Gasteiger partial charge in [-0.2, -0.15) is 0 Å². The highest BCUT2D eigenvalue weighted by molar-refractivity contribution is 6.13. The van der Waals surface area contributed by atoms with Crippen molar-refractivity contribution >= 4 is 49.8 Å². The van der Waals surface area contributed by atoms with Gasteiger partial charge in [-0.3, -0.25) is 0 Å². The molecule has 5 nitrogen and oxygen atoms in total. The zero-order valence-electron chi connectivity index (χ0n) is 29.2. The summed E-state index contributed by atoms with van der Waals surface area (Å²) in [5.74, 6) is 1.82. The van der Waals surface area contributed by atoms with E-state index < -0.39 is 0 Å². The van der Waals surface area contributed by atoms with Gasteiger partial charge in [0.15, 0.2) is 17.5 Å². The van der Waals surface area contributed by atoms with Crippen LogP contribution >= 0.6 is 0 Å². The third kappa shape index (κ3) is 5.65. The molecule has 10 rings (SSSR count). The first-order chi connectivity index (χ1) is 26.8. The number of hydrogen-bond donors (Lipinski definition) is 0. The summed E-state index contributed by atoms with van der Waals surface area (Å²) in [6.07, 6.45) is 0. The highest BCUT2D eigenvalue weighted by atomic mass is 16.3. The van der Waals surface area contributed by atoms with Gasteiger partial charge in [0, 0.05) is 44.2 Å². The van der Waals surface area contributed by atoms with E-state index in [-0.39, 0.29) is 0 Å². The Balaban J connectivity index is 1.15. The van der Waals surface area contributed by atoms with Gasteiger partial charge in [-0.25, -0.2) is 15.0 Å². The van der Waals surface area contributed by atoms with E-state index >= 15 is 0 Å². The zero-order chi connectivity index (χ0) is 35.8. The van der Waals surface area contributed by atoms with Crippen LogP contribution in [0.5, 0.6) is 0 Å². The second kappa shape index (κ2) is 13.3. The molecule has 0 spiro atoms. The van der Waals surface area contributed by atoms with Crippen LogP contribution in [-0.2, 0) is 0 Å². The first-order valence-electron chi connectivity index (χ1n) is 18.0. The predicted octanol–water partition coefficient (Wildman–Crippen LogP) is 13.1. The summed E-state index contributed by atoms with van der Waals surface area (Å²) in [6, 6.07) is 66.9. The van der Waals surface area contributed by atoms with Crippen molar-refractivity contribution in [1.29, 1.82) is 0 Å². The van der Waals surface area contributed by atoms with Crippen molar-refractivity contribution in [3.63, 3.8) is 0 Å². The highest BCUT2D eigenvalue weighted by Gasteiger charge is 2.20. The topological polar surface area (TPSA) is 55.1 Å². The van der Waals surface area contributed by atoms with Crippen LogP contribution in [0.4, 0.5) is 17.1 Å². The van der Waals surface area contributed by atoms with Crippen molar-refractivity contribution in [3.8, 4) is 45.3 Å². The molecule has 5 heteroatoms. The summed E-state index contributed by atoms with van der Waals surface area (Å²) in [4.78, 5) is 17.5. The number of hydrogen-bond acceptors (Lipinski definition) is 5. The Morgan fingerprint density at radius 3 is 1.63 bits per heavy atom. The second-order valence-electron chi connectivity index (χ2n) is 13.2. The summed E-state index contributed by atoms with van der Waals surface area (Å²) in [5, 5.41) is 4.38. The van der Waals surface area contributed by atoms with Crippen LogP contribution in [-0.4, -0.2) is 15.0 Å². The number of fused-ring (bicyclic) bond motifs is 4. The monoisotopic (exact) mass is 692 g/mol. The molecule has 0 N–H and O–H groups in total. The van der Waals surface area contributed by atoms with Gasteiger partial charge >= 0.3 is 0 Å². The van der Waals surface area contributed by atoms with Crippen molar-refractivity contribution in [3.05, 3.63) is 194 Å². The maximum atomic E-state index is 6.55. The molecule has 0 amide bonds. The van der Waals surface area contributed by atoms with Crippen LogP contribution in [0.1, 0.15) is 0 Å². The SMILES string of the molecule is c1ccc(-c2nc(-c3ccccc3)nc(-c3cc(-c4ccc(N(c5ccccc5)c5cccc6ccccc56)cc4)cc4oc5ccccc5c34)n2)cc1. The molecule has 0 aliphatic carbocycles. The molecule has 0 saturated carbocycles. The van der Waals surface area contributed by atoms with Gasteiger partial charge in [-0.05, 0) is 65.0 Å². The van der Waals surface area contributed by atoms with Crippen molar-refractivity contribution in [2.24, 2.45) is 0 Å². The molecule has 0 aliphatic rings. The van der Waals surface area contributed by atoms with E-state index in [2.05, 4.69) is 120 Å². The van der Waals surface area contributed by atoms with Gasteiger partial charge in [0.1, 0.15) is 11.2 Å². The second-order valence-corrected chi connectivity index (χ2v) is 13.2. The maximum Gasteiger partial charge on any atom is 0.164 e. The molecule has 0 saturated heterocycles. The van der Waals surface area contributed by atoms with Gasteiger partial charge in [-0.1, -0.05) is 146 Å². The lowest BCUT2D eigenvalue weighted by molar-refractivity contribution is 0.669. The number of para-hydroxylation sites is 2. The minimum Gasteiger partial charge on any atom is -0.456 e. The van der Waals surface area contributed by atoms with E-state index in [4.69, 9.17) is 19.4 Å². The minimum absolute atomic E-state index is 0.587. The average molecular weight is 693 g/mol. The van der Waals surface area contributed by atoms with Crippen molar-refractivity contribution < 1.29 is 4.42 Å². The molecule has 54 heavy (non-hydrogen) atoms. The molecule has 254 valence electrons. The molecule has 0 unspecified atom stereocenters. The molecule has 0 bridgehead atoms. The van der Waals surface area contributed by atoms with Crippen LogP contribution in [0.2, 0.25) is 0 Å². The van der Waals surface area contributed by atoms with Crippen LogP contribution in [0.25, 0.3) is 78.0 Å². The molecule has 0 aliphatic heterocycles. The van der Waals surface area contributed by atoms with Crippen molar-refractivity contribution in [1.82, 2.24) is 15.0 Å². The van der Waals surface area contributed by atoms with E-state index in [0.717, 1.165) is 66.8 Å². The Hall–Kier alpha value is -7.37. The summed E-state index contributed by atoms with van der Waals surface area (Å²) >= 11 is 0. The van der Waals surface area contributed by atoms with Gasteiger partial charge in [-0.15, -0.1) is 0 Å². The zero-order valence-corrected chi connectivity index (χ0v) is 29.2.